The van der Waals surface area contributed by atoms with Crippen molar-refractivity contribution in [1.29, 1.82) is 0 Å². The van der Waals surface area contributed by atoms with Gasteiger partial charge in [0.15, 0.2) is 0 Å². The Bertz CT molecular complexity index is 614. The minimum Gasteiger partial charge on any atom is -0.352 e. The van der Waals surface area contributed by atoms with E-state index in [1.807, 2.05) is 7.05 Å². The third kappa shape index (κ3) is 3.17. The van der Waals surface area contributed by atoms with Gasteiger partial charge in [0.25, 0.3) is 0 Å². The lowest BCUT2D eigenvalue weighted by Gasteiger charge is -2.17. The van der Waals surface area contributed by atoms with Gasteiger partial charge >= 0.3 is 0 Å². The molecule has 0 heterocycles. The van der Waals surface area contributed by atoms with Gasteiger partial charge in [-0.1, -0.05) is 42.5 Å². The van der Waals surface area contributed by atoms with Crippen LogP contribution in [0.25, 0.3) is 10.8 Å². The number of nitrogens with zero attached hydrogens (tertiary/aromatic N) is 1. The summed E-state index contributed by atoms with van der Waals surface area (Å²) in [4.78, 5) is 13.9. The van der Waals surface area contributed by atoms with Crippen molar-refractivity contribution in [3.05, 3.63) is 48.0 Å². The zero-order valence-electron chi connectivity index (χ0n) is 11.8. The van der Waals surface area contributed by atoms with E-state index in [0.717, 1.165) is 19.4 Å². The molecule has 0 spiro atoms. The Morgan fingerprint density at radius 1 is 1.20 bits per heavy atom. The van der Waals surface area contributed by atoms with E-state index in [2.05, 4.69) is 52.7 Å². The molecule has 3 heteroatoms. The van der Waals surface area contributed by atoms with Crippen LogP contribution in [0.4, 0.5) is 0 Å². The number of rotatable bonds is 5. The smallest absolute Gasteiger partial charge is 0.234 e. The van der Waals surface area contributed by atoms with Gasteiger partial charge in [0.2, 0.25) is 5.91 Å². The fraction of sp³-hybridized carbons (Fsp3) is 0.353. The van der Waals surface area contributed by atoms with Gasteiger partial charge in [-0.2, -0.15) is 0 Å². The second kappa shape index (κ2) is 5.63. The summed E-state index contributed by atoms with van der Waals surface area (Å²) in [6.45, 7) is 1.25. The Labute approximate surface area is 119 Å². The van der Waals surface area contributed by atoms with Gasteiger partial charge in [0.05, 0.1) is 6.54 Å². The molecular formula is C17H20N2O. The largest absolute Gasteiger partial charge is 0.352 e. The molecule has 0 saturated heterocycles. The fourth-order valence-corrected chi connectivity index (χ4v) is 2.52. The number of hydrogen-bond acceptors (Lipinski definition) is 2. The summed E-state index contributed by atoms with van der Waals surface area (Å²) in [5.74, 6) is 0.134. The van der Waals surface area contributed by atoms with Crippen LogP contribution in [0.1, 0.15) is 18.4 Å². The van der Waals surface area contributed by atoms with Gasteiger partial charge in [-0.15, -0.1) is 0 Å². The minimum atomic E-state index is 0.134. The Kier molecular flexibility index (Phi) is 3.70. The van der Waals surface area contributed by atoms with Crippen LogP contribution < -0.4 is 5.32 Å². The first-order chi connectivity index (χ1) is 9.72. The molecule has 3 nitrogen and oxygen atoms in total. The van der Waals surface area contributed by atoms with Gasteiger partial charge < -0.3 is 5.32 Å². The summed E-state index contributed by atoms with van der Waals surface area (Å²) in [6.07, 6.45) is 2.28. The van der Waals surface area contributed by atoms with Crippen LogP contribution in [0.2, 0.25) is 0 Å². The molecule has 1 amide bonds. The number of fused-ring (bicyclic) bond motifs is 1. The summed E-state index contributed by atoms with van der Waals surface area (Å²) in [6, 6.07) is 15.2. The molecule has 0 unspecified atom stereocenters. The van der Waals surface area contributed by atoms with Gasteiger partial charge in [-0.25, -0.2) is 0 Å². The zero-order chi connectivity index (χ0) is 13.9. The zero-order valence-corrected chi connectivity index (χ0v) is 11.8. The first kappa shape index (κ1) is 13.1. The number of nitrogens with one attached hydrogen (secondary N) is 1. The maximum absolute atomic E-state index is 11.8. The van der Waals surface area contributed by atoms with Gasteiger partial charge in [-0.05, 0) is 36.2 Å². The molecule has 0 bridgehead atoms. The Balaban J connectivity index is 1.67. The van der Waals surface area contributed by atoms with Crippen LogP contribution in [0.3, 0.4) is 0 Å². The van der Waals surface area contributed by atoms with Crippen molar-refractivity contribution >= 4 is 16.7 Å². The molecule has 1 saturated carbocycles. The molecule has 20 heavy (non-hydrogen) atoms. The second-order valence-electron chi connectivity index (χ2n) is 5.65. The topological polar surface area (TPSA) is 32.3 Å². The molecule has 0 aliphatic heterocycles. The molecule has 3 rings (SSSR count). The standard InChI is InChI=1S/C17H20N2O/c1-19(12-17(20)18-15-9-10-15)11-14-7-4-6-13-5-2-3-8-16(13)14/h2-8,15H,9-12H2,1H3,(H,18,20). The number of carbonyl (C=O) groups is 1. The third-order valence-corrected chi connectivity index (χ3v) is 3.68. The highest BCUT2D eigenvalue weighted by Crippen LogP contribution is 2.20. The van der Waals surface area contributed by atoms with E-state index in [1.165, 1.54) is 16.3 Å². The van der Waals surface area contributed by atoms with Crippen molar-refractivity contribution in [1.82, 2.24) is 10.2 Å². The van der Waals surface area contributed by atoms with E-state index < -0.39 is 0 Å². The molecule has 104 valence electrons. The number of likely N-dealkylation sites (N-methyl/N-ethyl adjacent to an activating group) is 1. The summed E-state index contributed by atoms with van der Waals surface area (Å²) in [5, 5.41) is 5.55. The minimum absolute atomic E-state index is 0.134. The molecule has 1 aliphatic rings. The van der Waals surface area contributed by atoms with E-state index in [4.69, 9.17) is 0 Å². The predicted molar refractivity (Wildman–Crippen MR) is 81.4 cm³/mol. The van der Waals surface area contributed by atoms with Crippen LogP contribution in [0.15, 0.2) is 42.5 Å². The van der Waals surface area contributed by atoms with Crippen molar-refractivity contribution in [2.45, 2.75) is 25.4 Å². The van der Waals surface area contributed by atoms with Crippen LogP contribution in [0, 0.1) is 0 Å². The Morgan fingerprint density at radius 3 is 2.75 bits per heavy atom. The summed E-state index contributed by atoms with van der Waals surface area (Å²) >= 11 is 0. The quantitative estimate of drug-likeness (QED) is 0.904. The molecule has 0 atom stereocenters. The highest BCUT2D eigenvalue weighted by molar-refractivity contribution is 5.85. The first-order valence-electron chi connectivity index (χ1n) is 7.17. The van der Waals surface area contributed by atoms with Gasteiger partial charge in [-0.3, -0.25) is 9.69 Å². The first-order valence-corrected chi connectivity index (χ1v) is 7.17. The third-order valence-electron chi connectivity index (χ3n) is 3.68. The maximum Gasteiger partial charge on any atom is 0.234 e. The van der Waals surface area contributed by atoms with Crippen LogP contribution in [-0.2, 0) is 11.3 Å². The van der Waals surface area contributed by atoms with E-state index in [9.17, 15) is 4.79 Å². The molecule has 1 aliphatic carbocycles. The number of carbonyl (C=O) groups excluding carboxylic acids is 1. The van der Waals surface area contributed by atoms with E-state index in [1.54, 1.807) is 0 Å². The van der Waals surface area contributed by atoms with E-state index in [0.29, 0.717) is 12.6 Å². The van der Waals surface area contributed by atoms with Crippen LogP contribution in [-0.4, -0.2) is 30.4 Å². The van der Waals surface area contributed by atoms with E-state index in [-0.39, 0.29) is 5.91 Å². The molecule has 0 aromatic heterocycles. The molecule has 2 aromatic rings. The molecule has 1 N–H and O–H groups in total. The molecule has 2 aromatic carbocycles. The van der Waals surface area contributed by atoms with E-state index >= 15 is 0 Å². The van der Waals surface area contributed by atoms with Crippen LogP contribution >= 0.6 is 0 Å². The fourth-order valence-electron chi connectivity index (χ4n) is 2.52. The Hall–Kier alpha value is -1.87. The van der Waals surface area contributed by atoms with Crippen molar-refractivity contribution < 1.29 is 4.79 Å². The molecular weight excluding hydrogens is 248 g/mol. The monoisotopic (exact) mass is 268 g/mol. The molecule has 0 radical (unpaired) electrons. The van der Waals surface area contributed by atoms with Crippen LogP contribution in [0.5, 0.6) is 0 Å². The second-order valence-corrected chi connectivity index (χ2v) is 5.65. The van der Waals surface area contributed by atoms with Crippen molar-refractivity contribution in [2.24, 2.45) is 0 Å². The highest BCUT2D eigenvalue weighted by atomic mass is 16.2. The summed E-state index contributed by atoms with van der Waals surface area (Å²) in [5.41, 5.74) is 1.27. The van der Waals surface area contributed by atoms with Gasteiger partial charge in [0.1, 0.15) is 0 Å². The summed E-state index contributed by atoms with van der Waals surface area (Å²) < 4.78 is 0. The Morgan fingerprint density at radius 2 is 1.95 bits per heavy atom. The van der Waals surface area contributed by atoms with Gasteiger partial charge in [0, 0.05) is 12.6 Å². The van der Waals surface area contributed by atoms with Crippen molar-refractivity contribution in [3.8, 4) is 0 Å². The van der Waals surface area contributed by atoms with Crippen molar-refractivity contribution in [2.75, 3.05) is 13.6 Å². The normalized spacial score (nSPS) is 14.7. The lowest BCUT2D eigenvalue weighted by molar-refractivity contribution is -0.122. The highest BCUT2D eigenvalue weighted by Gasteiger charge is 2.23. The average Bonchev–Trinajstić information content (AvgIpc) is 3.22. The lowest BCUT2D eigenvalue weighted by atomic mass is 10.0. The number of amides is 1. The van der Waals surface area contributed by atoms with Crippen molar-refractivity contribution in [3.63, 3.8) is 0 Å². The average molecular weight is 268 g/mol. The SMILES string of the molecule is CN(CC(=O)NC1CC1)Cc1cccc2ccccc12. The lowest BCUT2D eigenvalue weighted by Crippen LogP contribution is -2.35. The number of benzene rings is 2. The predicted octanol–water partition coefficient (Wildman–Crippen LogP) is 2.55. The summed E-state index contributed by atoms with van der Waals surface area (Å²) in [7, 11) is 1.99. The molecule has 1 fully saturated rings. The maximum atomic E-state index is 11.8. The number of hydrogen-bond donors (Lipinski definition) is 1.